The standard InChI is InChI=1S/C24H25FN3O2.HI/c1-16-7-3-6-11-27(16)15-21(29)19-14-28-12-8-17-22(28)18(24(19)30)13-20(25)23(17)26-9-4-2-5-10-26;/h3,6-7,11,13-14H,2,4-5,8-10,12,15H2,1H3;1H/q+1;/p-1. The SMILES string of the molecule is Cc1cccc[n+]1CC(=O)c1cn2c3c(c(N4CCCCC4)c(F)cc3c1=O)CC2.[I-]. The van der Waals surface area contributed by atoms with Gasteiger partial charge in [0.2, 0.25) is 17.8 Å². The number of ketones is 1. The van der Waals surface area contributed by atoms with Crippen LogP contribution in [0.5, 0.6) is 0 Å². The Morgan fingerprint density at radius 1 is 1.16 bits per heavy atom. The summed E-state index contributed by atoms with van der Waals surface area (Å²) < 4.78 is 19.0. The van der Waals surface area contributed by atoms with Crippen LogP contribution in [0.15, 0.2) is 41.5 Å². The number of Topliss-reactive ketones (excluding diaryl/α,β-unsaturated/α-hetero) is 1. The van der Waals surface area contributed by atoms with Crippen molar-refractivity contribution in [1.82, 2.24) is 4.57 Å². The third kappa shape index (κ3) is 3.77. The quantitative estimate of drug-likeness (QED) is 0.273. The summed E-state index contributed by atoms with van der Waals surface area (Å²) in [5.74, 6) is -0.596. The summed E-state index contributed by atoms with van der Waals surface area (Å²) in [5, 5.41) is 0.321. The molecule has 5 nitrogen and oxygen atoms in total. The summed E-state index contributed by atoms with van der Waals surface area (Å²) in [5.41, 5.74) is 3.07. The van der Waals surface area contributed by atoms with Gasteiger partial charge in [-0.2, -0.15) is 4.57 Å². The molecule has 0 spiro atoms. The van der Waals surface area contributed by atoms with Gasteiger partial charge in [-0.15, -0.1) is 0 Å². The van der Waals surface area contributed by atoms with Gasteiger partial charge in [0.05, 0.1) is 16.8 Å². The van der Waals surface area contributed by atoms with Crippen molar-refractivity contribution in [3.8, 4) is 0 Å². The molecular weight excluding hydrogens is 508 g/mol. The van der Waals surface area contributed by atoms with E-state index in [4.69, 9.17) is 0 Å². The molecule has 31 heavy (non-hydrogen) atoms. The highest BCUT2D eigenvalue weighted by Gasteiger charge is 2.29. The van der Waals surface area contributed by atoms with Crippen LogP contribution in [0.25, 0.3) is 10.9 Å². The minimum atomic E-state index is -0.368. The van der Waals surface area contributed by atoms with Crippen LogP contribution in [0, 0.1) is 12.7 Å². The van der Waals surface area contributed by atoms with E-state index in [0.29, 0.717) is 24.0 Å². The lowest BCUT2D eigenvalue weighted by atomic mass is 10.0. The predicted octanol–water partition coefficient (Wildman–Crippen LogP) is 0.170. The molecule has 1 saturated heterocycles. The van der Waals surface area contributed by atoms with Crippen molar-refractivity contribution in [3.63, 3.8) is 0 Å². The number of hydrogen-bond acceptors (Lipinski definition) is 3. The molecule has 4 heterocycles. The first-order valence-corrected chi connectivity index (χ1v) is 10.7. The monoisotopic (exact) mass is 533 g/mol. The minimum Gasteiger partial charge on any atom is -1.00 e. The highest BCUT2D eigenvalue weighted by molar-refractivity contribution is 5.99. The fraction of sp³-hybridized carbons (Fsp3) is 0.375. The molecule has 3 aromatic rings. The molecule has 1 fully saturated rings. The number of carbonyl (C=O) groups excluding carboxylic acids is 1. The van der Waals surface area contributed by atoms with Gasteiger partial charge in [0.25, 0.3) is 0 Å². The summed E-state index contributed by atoms with van der Waals surface area (Å²) in [6.07, 6.45) is 7.50. The van der Waals surface area contributed by atoms with Crippen molar-refractivity contribution in [2.75, 3.05) is 18.0 Å². The third-order valence-electron chi connectivity index (χ3n) is 6.44. The third-order valence-corrected chi connectivity index (χ3v) is 6.44. The van der Waals surface area contributed by atoms with E-state index in [-0.39, 0.29) is 53.1 Å². The topological polar surface area (TPSA) is 46.2 Å². The largest absolute Gasteiger partial charge is 1.00 e. The van der Waals surface area contributed by atoms with Gasteiger partial charge in [0, 0.05) is 55.8 Å². The van der Waals surface area contributed by atoms with E-state index in [1.165, 1.54) is 12.5 Å². The van der Waals surface area contributed by atoms with Gasteiger partial charge in [0.1, 0.15) is 5.82 Å². The molecule has 162 valence electrons. The molecule has 0 amide bonds. The maximum absolute atomic E-state index is 15.2. The molecule has 5 rings (SSSR count). The Balaban J connectivity index is 0.00000231. The van der Waals surface area contributed by atoms with Crippen LogP contribution in [0.2, 0.25) is 0 Å². The second-order valence-corrected chi connectivity index (χ2v) is 8.34. The number of benzene rings is 1. The first-order chi connectivity index (χ1) is 14.5. The first-order valence-electron chi connectivity index (χ1n) is 10.7. The van der Waals surface area contributed by atoms with Gasteiger partial charge < -0.3 is 33.4 Å². The molecule has 0 unspecified atom stereocenters. The molecule has 0 saturated carbocycles. The Morgan fingerprint density at radius 3 is 2.68 bits per heavy atom. The Labute approximate surface area is 197 Å². The lowest BCUT2D eigenvalue weighted by Crippen LogP contribution is -3.00. The highest BCUT2D eigenvalue weighted by atomic mass is 127. The van der Waals surface area contributed by atoms with Gasteiger partial charge in [0.15, 0.2) is 11.9 Å². The summed E-state index contributed by atoms with van der Waals surface area (Å²) in [6, 6.07) is 7.04. The molecule has 2 aliphatic heterocycles. The minimum absolute atomic E-state index is 0. The first kappa shape index (κ1) is 21.9. The lowest BCUT2D eigenvalue weighted by molar-refractivity contribution is -0.689. The fourth-order valence-corrected chi connectivity index (χ4v) is 4.89. The van der Waals surface area contributed by atoms with Crippen molar-refractivity contribution < 1.29 is 37.7 Å². The second-order valence-electron chi connectivity index (χ2n) is 8.34. The second kappa shape index (κ2) is 8.68. The zero-order valence-corrected chi connectivity index (χ0v) is 19.7. The van der Waals surface area contributed by atoms with Crippen LogP contribution >= 0.6 is 0 Å². The number of hydrogen-bond donors (Lipinski definition) is 0. The summed E-state index contributed by atoms with van der Waals surface area (Å²) >= 11 is 0. The molecular formula is C24H25FIN3O2. The van der Waals surface area contributed by atoms with Crippen LogP contribution < -0.4 is 38.9 Å². The maximum atomic E-state index is 15.2. The molecule has 2 aromatic heterocycles. The van der Waals surface area contributed by atoms with Crippen LogP contribution in [0.4, 0.5) is 10.1 Å². The number of carbonyl (C=O) groups is 1. The molecule has 0 bridgehead atoms. The number of pyridine rings is 2. The molecule has 0 atom stereocenters. The number of nitrogens with zero attached hydrogens (tertiary/aromatic N) is 3. The summed E-state index contributed by atoms with van der Waals surface area (Å²) in [6.45, 7) is 4.38. The van der Waals surface area contributed by atoms with Gasteiger partial charge in [-0.05, 0) is 31.7 Å². The number of aryl methyl sites for hydroxylation is 3. The van der Waals surface area contributed by atoms with E-state index >= 15 is 4.39 Å². The van der Waals surface area contributed by atoms with E-state index in [1.807, 2.05) is 40.5 Å². The molecule has 1 aromatic carbocycles. The number of halogens is 2. The van der Waals surface area contributed by atoms with Gasteiger partial charge in [-0.25, -0.2) is 4.39 Å². The Morgan fingerprint density at radius 2 is 1.94 bits per heavy atom. The maximum Gasteiger partial charge on any atom is 0.232 e. The molecule has 0 aliphatic carbocycles. The van der Waals surface area contributed by atoms with E-state index in [1.54, 1.807) is 6.20 Å². The van der Waals surface area contributed by atoms with E-state index in [9.17, 15) is 9.59 Å². The Kier molecular flexibility index (Phi) is 6.14. The normalized spacial score (nSPS) is 15.2. The fourth-order valence-electron chi connectivity index (χ4n) is 4.89. The van der Waals surface area contributed by atoms with Crippen LogP contribution in [0.1, 0.15) is 40.9 Å². The summed E-state index contributed by atoms with van der Waals surface area (Å²) in [7, 11) is 0. The Bertz CT molecular complexity index is 1230. The number of piperidine rings is 1. The van der Waals surface area contributed by atoms with E-state index in [0.717, 1.165) is 42.7 Å². The van der Waals surface area contributed by atoms with Gasteiger partial charge in [-0.3, -0.25) is 9.59 Å². The van der Waals surface area contributed by atoms with E-state index < -0.39 is 0 Å². The van der Waals surface area contributed by atoms with Crippen LogP contribution in [-0.2, 0) is 19.5 Å². The van der Waals surface area contributed by atoms with E-state index in [2.05, 4.69) is 4.90 Å². The zero-order valence-electron chi connectivity index (χ0n) is 17.5. The van der Waals surface area contributed by atoms with Crippen LogP contribution in [0.3, 0.4) is 0 Å². The highest BCUT2D eigenvalue weighted by Crippen LogP contribution is 2.36. The smallest absolute Gasteiger partial charge is 0.232 e. The van der Waals surface area contributed by atoms with Crippen LogP contribution in [-0.4, -0.2) is 23.4 Å². The Hall–Kier alpha value is -2.29. The predicted molar refractivity (Wildman–Crippen MR) is 114 cm³/mol. The molecule has 2 aliphatic rings. The molecule has 0 radical (unpaired) electrons. The number of aromatic nitrogens is 2. The van der Waals surface area contributed by atoms with Gasteiger partial charge >= 0.3 is 0 Å². The van der Waals surface area contributed by atoms with Crippen molar-refractivity contribution in [2.45, 2.75) is 45.7 Å². The molecule has 7 heteroatoms. The van der Waals surface area contributed by atoms with Crippen molar-refractivity contribution >= 4 is 22.4 Å². The average Bonchev–Trinajstić information content (AvgIpc) is 3.16. The van der Waals surface area contributed by atoms with Crippen molar-refractivity contribution in [2.24, 2.45) is 0 Å². The lowest BCUT2D eigenvalue weighted by Gasteiger charge is -2.30. The van der Waals surface area contributed by atoms with Gasteiger partial charge in [-0.1, -0.05) is 6.07 Å². The summed E-state index contributed by atoms with van der Waals surface area (Å²) in [4.78, 5) is 28.3. The molecule has 0 N–H and O–H groups in total. The zero-order chi connectivity index (χ0) is 20.8. The van der Waals surface area contributed by atoms with Crippen molar-refractivity contribution in [3.05, 3.63) is 69.5 Å². The average molecular weight is 533 g/mol. The number of rotatable bonds is 4. The number of anilines is 1. The van der Waals surface area contributed by atoms with Crippen molar-refractivity contribution in [1.29, 1.82) is 0 Å².